The van der Waals surface area contributed by atoms with E-state index >= 15 is 0 Å². The van der Waals surface area contributed by atoms with Gasteiger partial charge >= 0.3 is 5.97 Å². The van der Waals surface area contributed by atoms with Gasteiger partial charge in [-0.15, -0.1) is 0 Å². The molecule has 0 aromatic carbocycles. The second kappa shape index (κ2) is 3.78. The van der Waals surface area contributed by atoms with E-state index in [2.05, 4.69) is 0 Å². The van der Waals surface area contributed by atoms with Crippen LogP contribution in [0.1, 0.15) is 20.3 Å². The second-order valence-electron chi connectivity index (χ2n) is 3.84. The van der Waals surface area contributed by atoms with Gasteiger partial charge in [0, 0.05) is 22.3 Å². The maximum absolute atomic E-state index is 11.6. The maximum atomic E-state index is 11.6. The molecule has 0 bridgehead atoms. The highest BCUT2D eigenvalue weighted by molar-refractivity contribution is 7.85. The lowest BCUT2D eigenvalue weighted by Gasteiger charge is -2.28. The van der Waals surface area contributed by atoms with E-state index in [0.717, 1.165) is 0 Å². The molecule has 1 saturated heterocycles. The van der Waals surface area contributed by atoms with Crippen LogP contribution in [0.3, 0.4) is 0 Å². The van der Waals surface area contributed by atoms with Crippen molar-refractivity contribution in [1.82, 2.24) is 0 Å². The molecule has 1 aliphatic heterocycles. The predicted octanol–water partition coefficient (Wildman–Crippen LogP) is 0.954. The average Bonchev–Trinajstić information content (AvgIpc) is 2.47. The molecule has 0 aliphatic carbocycles. The third-order valence-electron chi connectivity index (χ3n) is 2.89. The monoisotopic (exact) mass is 204 g/mol. The third kappa shape index (κ3) is 1.77. The summed E-state index contributed by atoms with van der Waals surface area (Å²) >= 11 is 0. The molecule has 76 valence electrons. The van der Waals surface area contributed by atoms with Crippen LogP contribution in [0.15, 0.2) is 0 Å². The van der Waals surface area contributed by atoms with Gasteiger partial charge in [0.15, 0.2) is 0 Å². The Morgan fingerprint density at radius 1 is 1.54 bits per heavy atom. The van der Waals surface area contributed by atoms with Crippen LogP contribution < -0.4 is 0 Å². The molecule has 0 N–H and O–H groups in total. The van der Waals surface area contributed by atoms with Gasteiger partial charge in [-0.2, -0.15) is 0 Å². The largest absolute Gasteiger partial charge is 0.469 e. The average molecular weight is 204 g/mol. The fraction of sp³-hybridized carbons (Fsp3) is 0.889. The first-order chi connectivity index (χ1) is 6.03. The Kier molecular flexibility index (Phi) is 3.11. The van der Waals surface area contributed by atoms with E-state index in [1.54, 1.807) is 0 Å². The summed E-state index contributed by atoms with van der Waals surface area (Å²) in [6.07, 6.45) is 0.698. The van der Waals surface area contributed by atoms with Crippen molar-refractivity contribution in [2.75, 3.05) is 18.6 Å². The molecule has 1 heterocycles. The van der Waals surface area contributed by atoms with Gasteiger partial charge in [0.05, 0.1) is 12.5 Å². The van der Waals surface area contributed by atoms with Crippen LogP contribution >= 0.6 is 0 Å². The highest BCUT2D eigenvalue weighted by atomic mass is 32.2. The smallest absolute Gasteiger partial charge is 0.313 e. The molecular formula is C9H16O3S. The molecular weight excluding hydrogens is 188 g/mol. The van der Waals surface area contributed by atoms with Crippen molar-refractivity contribution < 1.29 is 13.7 Å². The Morgan fingerprint density at radius 3 is 2.46 bits per heavy atom. The summed E-state index contributed by atoms with van der Waals surface area (Å²) in [6, 6.07) is 0. The number of carbonyl (C=O) groups is 1. The van der Waals surface area contributed by atoms with Gasteiger partial charge in [-0.3, -0.25) is 9.00 Å². The Balaban J connectivity index is 2.89. The molecule has 0 saturated carbocycles. The van der Waals surface area contributed by atoms with Crippen LogP contribution in [0.5, 0.6) is 0 Å². The summed E-state index contributed by atoms with van der Waals surface area (Å²) < 4.78 is 16.1. The lowest BCUT2D eigenvalue weighted by atomic mass is 9.77. The number of hydrogen-bond acceptors (Lipinski definition) is 3. The molecule has 0 amide bonds. The second-order valence-corrected chi connectivity index (χ2v) is 5.42. The number of esters is 1. The SMILES string of the molecule is COC(=O)C1(C(C)C)CCS(=O)C1. The molecule has 13 heavy (non-hydrogen) atoms. The van der Waals surface area contributed by atoms with Gasteiger partial charge in [0.1, 0.15) is 0 Å². The molecule has 2 atom stereocenters. The zero-order valence-corrected chi connectivity index (χ0v) is 9.15. The number of methoxy groups -OCH3 is 1. The number of carbonyl (C=O) groups excluding carboxylic acids is 1. The van der Waals surface area contributed by atoms with Crippen LogP contribution in [-0.4, -0.2) is 28.8 Å². The van der Waals surface area contributed by atoms with Crippen LogP contribution in [0.2, 0.25) is 0 Å². The van der Waals surface area contributed by atoms with Gasteiger partial charge < -0.3 is 4.74 Å². The highest BCUT2D eigenvalue weighted by Gasteiger charge is 2.47. The summed E-state index contributed by atoms with van der Waals surface area (Å²) in [5.41, 5.74) is -0.486. The lowest BCUT2D eigenvalue weighted by molar-refractivity contribution is -0.153. The minimum absolute atomic E-state index is 0.200. The first kappa shape index (κ1) is 10.7. The van der Waals surface area contributed by atoms with Crippen molar-refractivity contribution in [3.63, 3.8) is 0 Å². The van der Waals surface area contributed by atoms with Crippen molar-refractivity contribution in [3.8, 4) is 0 Å². The molecule has 1 fully saturated rings. The van der Waals surface area contributed by atoms with Crippen molar-refractivity contribution >= 4 is 16.8 Å². The van der Waals surface area contributed by atoms with Gasteiger partial charge in [-0.05, 0) is 12.3 Å². The van der Waals surface area contributed by atoms with E-state index in [9.17, 15) is 9.00 Å². The highest BCUT2D eigenvalue weighted by Crippen LogP contribution is 2.38. The Labute approximate surface area is 81.3 Å². The predicted molar refractivity (Wildman–Crippen MR) is 51.8 cm³/mol. The Hall–Kier alpha value is -0.380. The molecule has 3 nitrogen and oxygen atoms in total. The van der Waals surface area contributed by atoms with Gasteiger partial charge in [0.2, 0.25) is 0 Å². The summed E-state index contributed by atoms with van der Waals surface area (Å²) in [7, 11) is 0.561. The molecule has 0 radical (unpaired) electrons. The van der Waals surface area contributed by atoms with E-state index in [1.165, 1.54) is 7.11 Å². The first-order valence-electron chi connectivity index (χ1n) is 4.46. The fourth-order valence-electron chi connectivity index (χ4n) is 1.78. The van der Waals surface area contributed by atoms with E-state index in [4.69, 9.17) is 4.74 Å². The zero-order chi connectivity index (χ0) is 10.1. The summed E-state index contributed by atoms with van der Waals surface area (Å²) in [5, 5.41) is 0. The van der Waals surface area contributed by atoms with Crippen molar-refractivity contribution in [2.24, 2.45) is 11.3 Å². The summed E-state index contributed by atoms with van der Waals surface area (Å²) in [4.78, 5) is 11.6. The standard InChI is InChI=1S/C9H16O3S/c1-7(2)9(8(10)12-3)4-5-13(11)6-9/h7H,4-6H2,1-3H3. The quantitative estimate of drug-likeness (QED) is 0.629. The minimum Gasteiger partial charge on any atom is -0.469 e. The number of ether oxygens (including phenoxy) is 1. The van der Waals surface area contributed by atoms with Crippen molar-refractivity contribution in [1.29, 1.82) is 0 Å². The minimum atomic E-state index is -0.836. The van der Waals surface area contributed by atoms with Crippen LogP contribution in [0.4, 0.5) is 0 Å². The van der Waals surface area contributed by atoms with Gasteiger partial charge in [0.25, 0.3) is 0 Å². The first-order valence-corrected chi connectivity index (χ1v) is 5.95. The Bertz CT molecular complexity index is 237. The van der Waals surface area contributed by atoms with Crippen LogP contribution in [-0.2, 0) is 20.3 Å². The topological polar surface area (TPSA) is 43.4 Å². The normalized spacial score (nSPS) is 33.7. The van der Waals surface area contributed by atoms with E-state index < -0.39 is 16.2 Å². The number of rotatable bonds is 2. The van der Waals surface area contributed by atoms with Crippen LogP contribution in [0, 0.1) is 11.3 Å². The molecule has 0 aromatic heterocycles. The summed E-state index contributed by atoms with van der Waals surface area (Å²) in [6.45, 7) is 3.97. The molecule has 1 rings (SSSR count). The molecule has 0 aromatic rings. The van der Waals surface area contributed by atoms with E-state index in [0.29, 0.717) is 17.9 Å². The van der Waals surface area contributed by atoms with Crippen molar-refractivity contribution in [3.05, 3.63) is 0 Å². The summed E-state index contributed by atoms with van der Waals surface area (Å²) in [5.74, 6) is 1.10. The van der Waals surface area contributed by atoms with Crippen LogP contribution in [0.25, 0.3) is 0 Å². The van der Waals surface area contributed by atoms with Crippen molar-refractivity contribution in [2.45, 2.75) is 20.3 Å². The molecule has 2 unspecified atom stereocenters. The Morgan fingerprint density at radius 2 is 2.15 bits per heavy atom. The zero-order valence-electron chi connectivity index (χ0n) is 8.33. The van der Waals surface area contributed by atoms with Gasteiger partial charge in [-0.1, -0.05) is 13.8 Å². The molecule has 4 heteroatoms. The fourth-order valence-corrected chi connectivity index (χ4v) is 3.69. The van der Waals surface area contributed by atoms with Gasteiger partial charge in [-0.25, -0.2) is 0 Å². The van der Waals surface area contributed by atoms with E-state index in [1.807, 2.05) is 13.8 Å². The maximum Gasteiger partial charge on any atom is 0.313 e. The lowest BCUT2D eigenvalue weighted by Crippen LogP contribution is -2.38. The van der Waals surface area contributed by atoms with E-state index in [-0.39, 0.29) is 11.9 Å². The third-order valence-corrected chi connectivity index (χ3v) is 4.39. The molecule has 1 aliphatic rings. The number of hydrogen-bond donors (Lipinski definition) is 0. The molecule has 0 spiro atoms.